The number of hydrogen-bond acceptors (Lipinski definition) is 4. The highest BCUT2D eigenvalue weighted by Gasteiger charge is 2.02. The molecule has 0 bridgehead atoms. The van der Waals surface area contributed by atoms with Crippen molar-refractivity contribution >= 4 is 11.8 Å². The second-order valence-corrected chi connectivity index (χ2v) is 3.17. The van der Waals surface area contributed by atoms with Crippen molar-refractivity contribution in [3.63, 3.8) is 0 Å². The minimum Gasteiger partial charge on any atom is -0.481 e. The molecule has 0 amide bonds. The van der Waals surface area contributed by atoms with Gasteiger partial charge in [-0.15, -0.1) is 5.10 Å². The van der Waals surface area contributed by atoms with E-state index in [-0.39, 0.29) is 6.42 Å². The molecule has 0 aliphatic carbocycles. The molecule has 0 atom stereocenters. The minimum absolute atomic E-state index is 0.0932. The first-order valence-electron chi connectivity index (χ1n) is 4.31. The van der Waals surface area contributed by atoms with Gasteiger partial charge in [0.25, 0.3) is 0 Å². The average molecular weight is 195 g/mol. The Hall–Kier alpha value is -1.65. The van der Waals surface area contributed by atoms with Crippen molar-refractivity contribution in [3.05, 3.63) is 17.8 Å². The average Bonchev–Trinajstić information content (AvgIpc) is 2.15. The van der Waals surface area contributed by atoms with Crippen LogP contribution in [-0.4, -0.2) is 35.4 Å². The normalized spacial score (nSPS) is 9.86. The van der Waals surface area contributed by atoms with Gasteiger partial charge in [0.2, 0.25) is 0 Å². The Bertz CT molecular complexity index is 308. The largest absolute Gasteiger partial charge is 0.481 e. The summed E-state index contributed by atoms with van der Waals surface area (Å²) in [6, 6.07) is 3.62. The molecular weight excluding hydrogens is 182 g/mol. The lowest BCUT2D eigenvalue weighted by molar-refractivity contribution is -0.136. The second-order valence-electron chi connectivity index (χ2n) is 3.17. The molecule has 0 aliphatic heterocycles. The first-order valence-corrected chi connectivity index (χ1v) is 4.31. The van der Waals surface area contributed by atoms with Gasteiger partial charge in [-0.05, 0) is 12.1 Å². The van der Waals surface area contributed by atoms with Gasteiger partial charge in [0.1, 0.15) is 0 Å². The molecule has 0 radical (unpaired) electrons. The number of rotatable bonds is 4. The molecular formula is C9H13N3O2. The number of anilines is 1. The van der Waals surface area contributed by atoms with Gasteiger partial charge in [-0.25, -0.2) is 0 Å². The summed E-state index contributed by atoms with van der Waals surface area (Å²) in [6.07, 6.45) is 0.520. The Labute approximate surface area is 82.4 Å². The smallest absolute Gasteiger partial charge is 0.303 e. The summed E-state index contributed by atoms with van der Waals surface area (Å²) in [5.74, 6) is -0.0486. The third-order valence-electron chi connectivity index (χ3n) is 1.76. The van der Waals surface area contributed by atoms with Crippen LogP contribution < -0.4 is 4.90 Å². The standard InChI is InChI=1S/C9H13N3O2/c1-12(2)8-5-3-7(10-11-8)4-6-9(13)14/h3,5H,4,6H2,1-2H3,(H,13,14). The Morgan fingerprint density at radius 2 is 2.14 bits per heavy atom. The first kappa shape index (κ1) is 10.4. The molecule has 1 aromatic heterocycles. The zero-order chi connectivity index (χ0) is 10.6. The topological polar surface area (TPSA) is 66.3 Å². The fourth-order valence-electron chi connectivity index (χ4n) is 0.960. The first-order chi connectivity index (χ1) is 6.59. The molecule has 5 heteroatoms. The number of aryl methyl sites for hydroxylation is 1. The molecule has 1 N–H and O–H groups in total. The van der Waals surface area contributed by atoms with Gasteiger partial charge in [0, 0.05) is 20.5 Å². The molecule has 1 rings (SSSR count). The quantitative estimate of drug-likeness (QED) is 0.760. The number of carboxylic acids is 1. The summed E-state index contributed by atoms with van der Waals surface area (Å²) in [5.41, 5.74) is 0.706. The molecule has 0 fully saturated rings. The lowest BCUT2D eigenvalue weighted by Crippen LogP contribution is -2.11. The van der Waals surface area contributed by atoms with E-state index in [0.29, 0.717) is 12.1 Å². The molecule has 0 aliphatic rings. The molecule has 0 aromatic carbocycles. The summed E-state index contributed by atoms with van der Waals surface area (Å²) >= 11 is 0. The van der Waals surface area contributed by atoms with Crippen molar-refractivity contribution in [3.8, 4) is 0 Å². The highest BCUT2D eigenvalue weighted by Crippen LogP contribution is 2.06. The van der Waals surface area contributed by atoms with Gasteiger partial charge in [-0.1, -0.05) is 0 Å². The zero-order valence-electron chi connectivity index (χ0n) is 8.27. The number of hydrogen-bond donors (Lipinski definition) is 1. The van der Waals surface area contributed by atoms with Crippen molar-refractivity contribution in [1.82, 2.24) is 10.2 Å². The summed E-state index contributed by atoms with van der Waals surface area (Å²) in [6.45, 7) is 0. The van der Waals surface area contributed by atoms with E-state index in [1.165, 1.54) is 0 Å². The number of aromatic nitrogens is 2. The molecule has 0 unspecified atom stereocenters. The van der Waals surface area contributed by atoms with Crippen LogP contribution in [-0.2, 0) is 11.2 Å². The molecule has 5 nitrogen and oxygen atoms in total. The Kier molecular flexibility index (Phi) is 3.39. The van der Waals surface area contributed by atoms with Gasteiger partial charge in [0.15, 0.2) is 5.82 Å². The highest BCUT2D eigenvalue weighted by atomic mass is 16.4. The van der Waals surface area contributed by atoms with E-state index in [1.807, 2.05) is 25.1 Å². The van der Waals surface area contributed by atoms with Crippen LogP contribution in [0.15, 0.2) is 12.1 Å². The van der Waals surface area contributed by atoms with Gasteiger partial charge in [0.05, 0.1) is 12.1 Å². The van der Waals surface area contributed by atoms with Crippen molar-refractivity contribution in [2.75, 3.05) is 19.0 Å². The van der Waals surface area contributed by atoms with Crippen LogP contribution in [0.1, 0.15) is 12.1 Å². The fourth-order valence-corrected chi connectivity index (χ4v) is 0.960. The van der Waals surface area contributed by atoms with E-state index in [0.717, 1.165) is 5.82 Å². The Morgan fingerprint density at radius 3 is 2.57 bits per heavy atom. The number of aliphatic carboxylic acids is 1. The number of carboxylic acid groups (broad SMARTS) is 1. The predicted molar refractivity (Wildman–Crippen MR) is 52.3 cm³/mol. The van der Waals surface area contributed by atoms with E-state index in [2.05, 4.69) is 10.2 Å². The van der Waals surface area contributed by atoms with E-state index in [4.69, 9.17) is 5.11 Å². The molecule has 0 spiro atoms. The second kappa shape index (κ2) is 4.55. The molecule has 0 saturated carbocycles. The summed E-state index contributed by atoms with van der Waals surface area (Å²) in [4.78, 5) is 12.1. The lowest BCUT2D eigenvalue weighted by Gasteiger charge is -2.09. The molecule has 0 saturated heterocycles. The maximum atomic E-state index is 10.3. The van der Waals surface area contributed by atoms with E-state index in [9.17, 15) is 4.79 Å². The van der Waals surface area contributed by atoms with E-state index >= 15 is 0 Å². The van der Waals surface area contributed by atoms with Gasteiger partial charge in [-0.2, -0.15) is 5.10 Å². The van der Waals surface area contributed by atoms with E-state index in [1.54, 1.807) is 6.07 Å². The van der Waals surface area contributed by atoms with Gasteiger partial charge >= 0.3 is 5.97 Å². The number of carbonyl (C=O) groups is 1. The van der Waals surface area contributed by atoms with Crippen molar-refractivity contribution < 1.29 is 9.90 Å². The Morgan fingerprint density at radius 1 is 1.43 bits per heavy atom. The maximum absolute atomic E-state index is 10.3. The summed E-state index contributed by atoms with van der Waals surface area (Å²) in [7, 11) is 3.75. The monoisotopic (exact) mass is 195 g/mol. The SMILES string of the molecule is CN(C)c1ccc(CCC(=O)O)nn1. The predicted octanol–water partition coefficient (Wildman–Crippen LogP) is 0.560. The van der Waals surface area contributed by atoms with Gasteiger partial charge < -0.3 is 10.0 Å². The Balaban J connectivity index is 2.59. The molecule has 14 heavy (non-hydrogen) atoms. The third kappa shape index (κ3) is 3.01. The molecule has 1 heterocycles. The fraction of sp³-hybridized carbons (Fsp3) is 0.444. The maximum Gasteiger partial charge on any atom is 0.303 e. The highest BCUT2D eigenvalue weighted by molar-refractivity contribution is 5.66. The van der Waals surface area contributed by atoms with Crippen LogP contribution in [0.3, 0.4) is 0 Å². The zero-order valence-corrected chi connectivity index (χ0v) is 8.27. The molecule has 1 aromatic rings. The van der Waals surface area contributed by atoms with Crippen LogP contribution in [0.25, 0.3) is 0 Å². The van der Waals surface area contributed by atoms with E-state index < -0.39 is 5.97 Å². The minimum atomic E-state index is -0.816. The van der Waals surface area contributed by atoms with Crippen molar-refractivity contribution in [1.29, 1.82) is 0 Å². The summed E-state index contributed by atoms with van der Waals surface area (Å²) in [5, 5.41) is 16.3. The van der Waals surface area contributed by atoms with Crippen LogP contribution in [0.5, 0.6) is 0 Å². The van der Waals surface area contributed by atoms with Crippen LogP contribution in [0, 0.1) is 0 Å². The van der Waals surface area contributed by atoms with Crippen molar-refractivity contribution in [2.45, 2.75) is 12.8 Å². The summed E-state index contributed by atoms with van der Waals surface area (Å²) < 4.78 is 0. The number of nitrogens with zero attached hydrogens (tertiary/aromatic N) is 3. The van der Waals surface area contributed by atoms with Crippen LogP contribution >= 0.6 is 0 Å². The third-order valence-corrected chi connectivity index (χ3v) is 1.76. The molecule has 76 valence electrons. The van der Waals surface area contributed by atoms with Crippen LogP contribution in [0.4, 0.5) is 5.82 Å². The van der Waals surface area contributed by atoms with Crippen molar-refractivity contribution in [2.24, 2.45) is 0 Å². The van der Waals surface area contributed by atoms with Gasteiger partial charge in [-0.3, -0.25) is 4.79 Å². The van der Waals surface area contributed by atoms with Crippen LogP contribution in [0.2, 0.25) is 0 Å². The lowest BCUT2D eigenvalue weighted by atomic mass is 10.2.